The van der Waals surface area contributed by atoms with E-state index in [4.69, 9.17) is 0 Å². The van der Waals surface area contributed by atoms with Crippen LogP contribution in [0.5, 0.6) is 0 Å². The maximum absolute atomic E-state index is 12.2. The van der Waals surface area contributed by atoms with Crippen molar-refractivity contribution in [3.05, 3.63) is 19.2 Å². The Morgan fingerprint density at radius 1 is 1.47 bits per heavy atom. The van der Waals surface area contributed by atoms with Crippen molar-refractivity contribution in [3.63, 3.8) is 0 Å². The van der Waals surface area contributed by atoms with Gasteiger partial charge in [-0.1, -0.05) is 13.8 Å². The van der Waals surface area contributed by atoms with Gasteiger partial charge in [-0.05, 0) is 57.8 Å². The maximum atomic E-state index is 12.2. The average molecular weight is 383 g/mol. The summed E-state index contributed by atoms with van der Waals surface area (Å²) in [6.45, 7) is 7.80. The van der Waals surface area contributed by atoms with Crippen LogP contribution in [-0.2, 0) is 0 Å². The molecule has 0 bridgehead atoms. The van der Waals surface area contributed by atoms with E-state index in [1.54, 1.807) is 11.3 Å². The summed E-state index contributed by atoms with van der Waals surface area (Å²) in [5.74, 6) is 0.181. The largest absolute Gasteiger partial charge is 0.293 e. The van der Waals surface area contributed by atoms with Gasteiger partial charge in [-0.25, -0.2) is 0 Å². The van der Waals surface area contributed by atoms with Crippen molar-refractivity contribution in [2.75, 3.05) is 13.1 Å². The number of hydrogen-bond donors (Lipinski definition) is 0. The summed E-state index contributed by atoms with van der Waals surface area (Å²) in [5.41, 5.74) is 0.781. The van der Waals surface area contributed by atoms with Gasteiger partial charge in [-0.15, -0.1) is 11.3 Å². The number of ketones is 1. The minimum absolute atomic E-state index is 0.181. The van der Waals surface area contributed by atoms with Gasteiger partial charge in [-0.2, -0.15) is 0 Å². The van der Waals surface area contributed by atoms with Crippen molar-refractivity contribution < 1.29 is 4.79 Å². The number of nitrogens with zero attached hydrogens (tertiary/aromatic N) is 1. The Morgan fingerprint density at radius 2 is 2.12 bits per heavy atom. The minimum atomic E-state index is 0.181. The van der Waals surface area contributed by atoms with Gasteiger partial charge in [0.15, 0.2) is 5.78 Å². The Kier molecular flexibility index (Phi) is 6.34. The first-order chi connectivity index (χ1) is 7.99. The molecule has 0 saturated heterocycles. The lowest BCUT2D eigenvalue weighted by Crippen LogP contribution is -2.36. The van der Waals surface area contributed by atoms with Crippen LogP contribution >= 0.6 is 43.2 Å². The number of carbonyl (C=O) groups is 1. The predicted molar refractivity (Wildman–Crippen MR) is 81.0 cm³/mol. The first-order valence-electron chi connectivity index (χ1n) is 5.71. The van der Waals surface area contributed by atoms with Crippen molar-refractivity contribution in [1.82, 2.24) is 4.90 Å². The van der Waals surface area contributed by atoms with E-state index in [0.717, 1.165) is 26.1 Å². The molecule has 0 saturated carbocycles. The number of hydrogen-bond acceptors (Lipinski definition) is 3. The summed E-state index contributed by atoms with van der Waals surface area (Å²) in [4.78, 5) is 14.4. The monoisotopic (exact) mass is 381 g/mol. The highest BCUT2D eigenvalue weighted by Crippen LogP contribution is 2.32. The zero-order valence-corrected chi connectivity index (χ0v) is 14.3. The predicted octanol–water partition coefficient (Wildman–Crippen LogP) is 4.58. The molecule has 0 spiro atoms. The third-order valence-corrected chi connectivity index (χ3v) is 5.26. The number of carbonyl (C=O) groups excluding carboxylic acids is 1. The van der Waals surface area contributed by atoms with Gasteiger partial charge in [0, 0.05) is 11.6 Å². The third-order valence-electron chi connectivity index (χ3n) is 2.92. The fraction of sp³-hybridized carbons (Fsp3) is 0.583. The Balaban J connectivity index is 2.74. The molecule has 2 nitrogen and oxygen atoms in total. The number of likely N-dealkylation sites (N-methyl/N-ethyl adjacent to an activating group) is 1. The Bertz CT molecular complexity index is 392. The van der Waals surface area contributed by atoms with Crippen LogP contribution < -0.4 is 0 Å². The number of Topliss-reactive ketones (excluding diaryl/α,β-unsaturated/α-hetero) is 1. The molecule has 5 heteroatoms. The second-order valence-electron chi connectivity index (χ2n) is 3.98. The van der Waals surface area contributed by atoms with Crippen LogP contribution in [-0.4, -0.2) is 29.8 Å². The second kappa shape index (κ2) is 7.02. The van der Waals surface area contributed by atoms with Crippen LogP contribution in [0, 0.1) is 0 Å². The molecule has 1 heterocycles. The van der Waals surface area contributed by atoms with E-state index in [0.29, 0.717) is 12.6 Å². The summed E-state index contributed by atoms with van der Waals surface area (Å²) < 4.78 is 1.90. The molecule has 1 atom stereocenters. The molecule has 96 valence electrons. The van der Waals surface area contributed by atoms with Gasteiger partial charge < -0.3 is 0 Å². The fourth-order valence-electron chi connectivity index (χ4n) is 1.64. The molecule has 0 radical (unpaired) electrons. The summed E-state index contributed by atoms with van der Waals surface area (Å²) in [7, 11) is 0. The molecule has 1 unspecified atom stereocenters. The Morgan fingerprint density at radius 3 is 2.53 bits per heavy atom. The number of rotatable bonds is 6. The van der Waals surface area contributed by atoms with Crippen molar-refractivity contribution in [3.8, 4) is 0 Å². The zero-order chi connectivity index (χ0) is 13.0. The highest BCUT2D eigenvalue weighted by atomic mass is 79.9. The van der Waals surface area contributed by atoms with Crippen molar-refractivity contribution in [2.45, 2.75) is 33.2 Å². The van der Waals surface area contributed by atoms with Crippen molar-refractivity contribution in [1.29, 1.82) is 0 Å². The maximum Gasteiger partial charge on any atom is 0.178 e. The van der Waals surface area contributed by atoms with E-state index in [2.05, 4.69) is 57.5 Å². The summed E-state index contributed by atoms with van der Waals surface area (Å²) in [6.07, 6.45) is 1.07. The van der Waals surface area contributed by atoms with E-state index in [-0.39, 0.29) is 5.78 Å². The minimum Gasteiger partial charge on any atom is -0.293 e. The molecule has 0 amide bonds. The molecule has 0 aliphatic heterocycles. The van der Waals surface area contributed by atoms with Gasteiger partial charge in [0.25, 0.3) is 0 Å². The van der Waals surface area contributed by atoms with Crippen LogP contribution in [0.3, 0.4) is 0 Å². The van der Waals surface area contributed by atoms with Crippen LogP contribution in [0.25, 0.3) is 0 Å². The summed E-state index contributed by atoms with van der Waals surface area (Å²) >= 11 is 8.37. The fourth-order valence-corrected chi connectivity index (χ4v) is 4.49. The van der Waals surface area contributed by atoms with Gasteiger partial charge in [0.2, 0.25) is 0 Å². The van der Waals surface area contributed by atoms with Gasteiger partial charge >= 0.3 is 0 Å². The standard InChI is InChI=1S/C12H17Br2NOS/c1-4-8(3)15(5-2)7-10(16)9-6-11(13)17-12(9)14/h6,8H,4-5,7H2,1-3H3. The summed E-state index contributed by atoms with van der Waals surface area (Å²) in [5, 5.41) is 0. The lowest BCUT2D eigenvalue weighted by atomic mass is 10.1. The van der Waals surface area contributed by atoms with E-state index in [1.165, 1.54) is 0 Å². The average Bonchev–Trinajstić information content (AvgIpc) is 2.64. The van der Waals surface area contributed by atoms with Crippen molar-refractivity contribution >= 4 is 49.0 Å². The van der Waals surface area contributed by atoms with Gasteiger partial charge in [0.1, 0.15) is 0 Å². The molecule has 0 fully saturated rings. The summed E-state index contributed by atoms with van der Waals surface area (Å²) in [6, 6.07) is 2.34. The lowest BCUT2D eigenvalue weighted by molar-refractivity contribution is 0.0902. The molecule has 17 heavy (non-hydrogen) atoms. The van der Waals surface area contributed by atoms with Crippen molar-refractivity contribution in [2.24, 2.45) is 0 Å². The van der Waals surface area contributed by atoms with E-state index < -0.39 is 0 Å². The van der Waals surface area contributed by atoms with E-state index in [9.17, 15) is 4.79 Å². The van der Waals surface area contributed by atoms with Crippen LogP contribution in [0.1, 0.15) is 37.6 Å². The first-order valence-corrected chi connectivity index (χ1v) is 8.11. The van der Waals surface area contributed by atoms with Crippen LogP contribution in [0.2, 0.25) is 0 Å². The SMILES string of the molecule is CCC(C)N(CC)CC(=O)c1cc(Br)sc1Br. The first kappa shape index (κ1) is 15.3. The molecule has 0 aliphatic rings. The molecule has 0 aromatic carbocycles. The smallest absolute Gasteiger partial charge is 0.178 e. The molecule has 1 aromatic rings. The molecule has 1 aromatic heterocycles. The zero-order valence-electron chi connectivity index (χ0n) is 10.3. The molecular formula is C12H17Br2NOS. The van der Waals surface area contributed by atoms with E-state index >= 15 is 0 Å². The Hall–Kier alpha value is 0.290. The molecule has 1 rings (SSSR count). The van der Waals surface area contributed by atoms with Gasteiger partial charge in [-0.3, -0.25) is 9.69 Å². The molecule has 0 N–H and O–H groups in total. The molecular weight excluding hydrogens is 366 g/mol. The lowest BCUT2D eigenvalue weighted by Gasteiger charge is -2.25. The number of thiophene rings is 1. The quantitative estimate of drug-likeness (QED) is 0.671. The van der Waals surface area contributed by atoms with Gasteiger partial charge in [0.05, 0.1) is 14.1 Å². The highest BCUT2D eigenvalue weighted by Gasteiger charge is 2.18. The normalized spacial score (nSPS) is 13.1. The van der Waals surface area contributed by atoms with E-state index in [1.807, 2.05) is 6.07 Å². The third kappa shape index (κ3) is 4.16. The number of halogens is 2. The second-order valence-corrected chi connectivity index (χ2v) is 7.73. The highest BCUT2D eigenvalue weighted by molar-refractivity contribution is 9.12. The molecule has 0 aliphatic carbocycles. The Labute approximate surface area is 124 Å². The topological polar surface area (TPSA) is 20.3 Å². The van der Waals surface area contributed by atoms with Crippen LogP contribution in [0.4, 0.5) is 0 Å². The van der Waals surface area contributed by atoms with Crippen LogP contribution in [0.15, 0.2) is 13.6 Å².